The second-order valence-electron chi connectivity index (χ2n) is 8.89. The van der Waals surface area contributed by atoms with Crippen LogP contribution in [0.4, 0.5) is 0 Å². The Morgan fingerprint density at radius 3 is 2.64 bits per heavy atom. The predicted molar refractivity (Wildman–Crippen MR) is 108 cm³/mol. The quantitative estimate of drug-likeness (QED) is 0.850. The van der Waals surface area contributed by atoms with Crippen LogP contribution in [0.5, 0.6) is 0 Å². The molecule has 4 rings (SSSR count). The minimum Gasteiger partial charge on any atom is -0.373 e. The summed E-state index contributed by atoms with van der Waals surface area (Å²) in [6.07, 6.45) is 7.07. The third-order valence-electron chi connectivity index (χ3n) is 6.39. The Morgan fingerprint density at radius 2 is 1.96 bits per heavy atom. The molecule has 0 bridgehead atoms. The number of carbonyl (C=O) groups excluding carboxylic acids is 1. The fraction of sp³-hybridized carbons (Fsp3) is 0.810. The van der Waals surface area contributed by atoms with Gasteiger partial charge >= 0.3 is 0 Å². The fourth-order valence-corrected chi connectivity index (χ4v) is 4.99. The van der Waals surface area contributed by atoms with Crippen molar-refractivity contribution in [1.82, 2.24) is 24.9 Å². The van der Waals surface area contributed by atoms with E-state index in [1.165, 1.54) is 6.42 Å². The van der Waals surface area contributed by atoms with E-state index in [1.807, 2.05) is 21.8 Å². The standard InChI is InChI=1S/C21H35N5O2/c1-16-13-24(14-17(2)28-16)15-18-5-9-25(10-6-18)21(27)20-7-11-26(23-20)19-4-3-8-22-12-19/h7,11,16-19,22H,3-6,8-10,12-15H2,1-2H3. The lowest BCUT2D eigenvalue weighted by Gasteiger charge is -2.39. The number of ether oxygens (including phenoxy) is 1. The van der Waals surface area contributed by atoms with E-state index >= 15 is 0 Å². The summed E-state index contributed by atoms with van der Waals surface area (Å²) in [7, 11) is 0. The van der Waals surface area contributed by atoms with Crippen molar-refractivity contribution in [3.63, 3.8) is 0 Å². The van der Waals surface area contributed by atoms with Crippen LogP contribution in [-0.4, -0.2) is 83.5 Å². The molecule has 28 heavy (non-hydrogen) atoms. The second-order valence-corrected chi connectivity index (χ2v) is 8.89. The molecule has 0 saturated carbocycles. The SMILES string of the molecule is CC1CN(CC2CCN(C(=O)c3ccn(C4CCCNC4)n3)CC2)CC(C)O1. The number of likely N-dealkylation sites (tertiary alicyclic amines) is 1. The lowest BCUT2D eigenvalue weighted by Crippen LogP contribution is -2.48. The predicted octanol–water partition coefficient (Wildman–Crippen LogP) is 1.77. The summed E-state index contributed by atoms with van der Waals surface area (Å²) in [5.41, 5.74) is 0.597. The summed E-state index contributed by atoms with van der Waals surface area (Å²) >= 11 is 0. The van der Waals surface area contributed by atoms with Crippen molar-refractivity contribution in [3.8, 4) is 0 Å². The molecule has 3 fully saturated rings. The Kier molecular flexibility index (Phi) is 6.33. The van der Waals surface area contributed by atoms with E-state index in [-0.39, 0.29) is 5.91 Å². The molecule has 1 aromatic heterocycles. The first-order valence-corrected chi connectivity index (χ1v) is 11.0. The van der Waals surface area contributed by atoms with E-state index in [0.717, 1.165) is 65.1 Å². The summed E-state index contributed by atoms with van der Waals surface area (Å²) in [6, 6.07) is 2.26. The van der Waals surface area contributed by atoms with Crippen molar-refractivity contribution in [2.24, 2.45) is 5.92 Å². The van der Waals surface area contributed by atoms with E-state index in [4.69, 9.17) is 4.74 Å². The van der Waals surface area contributed by atoms with E-state index in [0.29, 0.717) is 29.9 Å². The average Bonchev–Trinajstić information content (AvgIpc) is 3.18. The van der Waals surface area contributed by atoms with Crippen LogP contribution in [0.3, 0.4) is 0 Å². The minimum atomic E-state index is 0.0922. The van der Waals surface area contributed by atoms with Crippen molar-refractivity contribution >= 4 is 5.91 Å². The molecule has 156 valence electrons. The molecule has 1 amide bonds. The molecular weight excluding hydrogens is 354 g/mol. The molecule has 3 atom stereocenters. The molecule has 3 aliphatic heterocycles. The number of amides is 1. The number of nitrogens with zero attached hydrogens (tertiary/aromatic N) is 4. The zero-order valence-corrected chi connectivity index (χ0v) is 17.3. The Balaban J connectivity index is 1.26. The van der Waals surface area contributed by atoms with Crippen molar-refractivity contribution in [3.05, 3.63) is 18.0 Å². The van der Waals surface area contributed by atoms with Crippen molar-refractivity contribution in [2.75, 3.05) is 45.8 Å². The number of hydrogen-bond acceptors (Lipinski definition) is 5. The maximum atomic E-state index is 12.9. The molecule has 1 N–H and O–H groups in total. The lowest BCUT2D eigenvalue weighted by atomic mass is 9.95. The monoisotopic (exact) mass is 389 g/mol. The highest BCUT2D eigenvalue weighted by atomic mass is 16.5. The molecule has 3 aliphatic rings. The number of aromatic nitrogens is 2. The Labute approximate surface area is 168 Å². The first-order chi connectivity index (χ1) is 13.6. The summed E-state index contributed by atoms with van der Waals surface area (Å²) in [5.74, 6) is 0.766. The van der Waals surface area contributed by atoms with Gasteiger partial charge in [0.15, 0.2) is 0 Å². The number of morpholine rings is 1. The number of rotatable bonds is 4. The van der Waals surface area contributed by atoms with Gasteiger partial charge in [-0.3, -0.25) is 14.4 Å². The van der Waals surface area contributed by atoms with Gasteiger partial charge in [-0.2, -0.15) is 5.10 Å². The largest absolute Gasteiger partial charge is 0.373 e. The molecule has 4 heterocycles. The van der Waals surface area contributed by atoms with Crippen molar-refractivity contribution in [2.45, 2.75) is 57.8 Å². The first-order valence-electron chi connectivity index (χ1n) is 11.0. The van der Waals surface area contributed by atoms with Gasteiger partial charge in [0.2, 0.25) is 0 Å². The summed E-state index contributed by atoms with van der Waals surface area (Å²) < 4.78 is 7.82. The van der Waals surface area contributed by atoms with E-state index in [2.05, 4.69) is 29.2 Å². The van der Waals surface area contributed by atoms with Crippen LogP contribution in [-0.2, 0) is 4.74 Å². The van der Waals surface area contributed by atoms with Gasteiger partial charge in [0.1, 0.15) is 5.69 Å². The molecule has 0 aliphatic carbocycles. The average molecular weight is 390 g/mol. The van der Waals surface area contributed by atoms with E-state index < -0.39 is 0 Å². The van der Waals surface area contributed by atoms with Crippen molar-refractivity contribution in [1.29, 1.82) is 0 Å². The van der Waals surface area contributed by atoms with Crippen LogP contribution in [0.1, 0.15) is 56.1 Å². The zero-order valence-electron chi connectivity index (χ0n) is 17.3. The minimum absolute atomic E-state index is 0.0922. The van der Waals surface area contributed by atoms with Gasteiger partial charge in [-0.05, 0) is 58.1 Å². The normalized spacial score (nSPS) is 30.5. The molecule has 0 radical (unpaired) electrons. The van der Waals surface area contributed by atoms with Crippen LogP contribution in [0.25, 0.3) is 0 Å². The molecule has 7 heteroatoms. The van der Waals surface area contributed by atoms with Crippen LogP contribution in [0.15, 0.2) is 12.3 Å². The van der Waals surface area contributed by atoms with Gasteiger partial charge in [-0.1, -0.05) is 0 Å². The molecule has 7 nitrogen and oxygen atoms in total. The summed E-state index contributed by atoms with van der Waals surface area (Å²) in [4.78, 5) is 17.4. The third-order valence-corrected chi connectivity index (χ3v) is 6.39. The van der Waals surface area contributed by atoms with Crippen LogP contribution < -0.4 is 5.32 Å². The maximum absolute atomic E-state index is 12.9. The summed E-state index contributed by atoms with van der Waals surface area (Å²) in [5, 5.41) is 8.01. The highest BCUT2D eigenvalue weighted by Crippen LogP contribution is 2.22. The number of hydrogen-bond donors (Lipinski definition) is 1. The van der Waals surface area contributed by atoms with E-state index in [1.54, 1.807) is 0 Å². The van der Waals surface area contributed by atoms with Gasteiger partial charge in [0.05, 0.1) is 18.2 Å². The van der Waals surface area contributed by atoms with Crippen molar-refractivity contribution < 1.29 is 9.53 Å². The van der Waals surface area contributed by atoms with Gasteiger partial charge in [-0.15, -0.1) is 0 Å². The van der Waals surface area contributed by atoms with Crippen LogP contribution >= 0.6 is 0 Å². The first kappa shape index (κ1) is 19.9. The smallest absolute Gasteiger partial charge is 0.274 e. The fourth-order valence-electron chi connectivity index (χ4n) is 4.99. The molecule has 3 unspecified atom stereocenters. The zero-order chi connectivity index (χ0) is 19.5. The van der Waals surface area contributed by atoms with Gasteiger partial charge in [0.25, 0.3) is 5.91 Å². The highest BCUT2D eigenvalue weighted by molar-refractivity contribution is 5.92. The van der Waals surface area contributed by atoms with Crippen LogP contribution in [0, 0.1) is 5.92 Å². The van der Waals surface area contributed by atoms with Crippen LogP contribution in [0.2, 0.25) is 0 Å². The lowest BCUT2D eigenvalue weighted by molar-refractivity contribution is -0.0728. The number of nitrogens with one attached hydrogen (secondary N) is 1. The molecule has 3 saturated heterocycles. The Hall–Kier alpha value is -1.44. The Morgan fingerprint density at radius 1 is 1.21 bits per heavy atom. The maximum Gasteiger partial charge on any atom is 0.274 e. The molecule has 1 aromatic rings. The number of piperidine rings is 2. The van der Waals surface area contributed by atoms with Gasteiger partial charge in [-0.25, -0.2) is 0 Å². The number of carbonyl (C=O) groups is 1. The highest BCUT2D eigenvalue weighted by Gasteiger charge is 2.29. The summed E-state index contributed by atoms with van der Waals surface area (Å²) in [6.45, 7) is 11.2. The molecule has 0 spiro atoms. The molecular formula is C21H35N5O2. The second kappa shape index (κ2) is 8.93. The topological polar surface area (TPSA) is 62.6 Å². The third kappa shape index (κ3) is 4.75. The van der Waals surface area contributed by atoms with Gasteiger partial charge in [0, 0.05) is 45.5 Å². The van der Waals surface area contributed by atoms with E-state index in [9.17, 15) is 4.79 Å². The van der Waals surface area contributed by atoms with Gasteiger partial charge < -0.3 is 15.0 Å². The Bertz CT molecular complexity index is 639. The molecule has 0 aromatic carbocycles.